The average Bonchev–Trinajstić information content (AvgIpc) is 3.29. The van der Waals surface area contributed by atoms with Gasteiger partial charge >= 0.3 is 5.97 Å². The zero-order valence-corrected chi connectivity index (χ0v) is 19.9. The minimum absolute atomic E-state index is 0.0607. The second-order valence-corrected chi connectivity index (χ2v) is 8.78. The topological polar surface area (TPSA) is 80.3 Å². The van der Waals surface area contributed by atoms with E-state index in [1.54, 1.807) is 7.11 Å². The van der Waals surface area contributed by atoms with Gasteiger partial charge in [0.15, 0.2) is 11.5 Å². The molecule has 2 aromatic carbocycles. The van der Waals surface area contributed by atoms with Crippen molar-refractivity contribution in [3.63, 3.8) is 0 Å². The molecular formula is C26H33N3O5. The van der Waals surface area contributed by atoms with Crippen LogP contribution in [0.15, 0.2) is 48.5 Å². The molecule has 2 fully saturated rings. The number of ether oxygens (including phenoxy) is 3. The van der Waals surface area contributed by atoms with E-state index in [0.717, 1.165) is 31.7 Å². The van der Waals surface area contributed by atoms with Gasteiger partial charge in [-0.3, -0.25) is 14.5 Å². The van der Waals surface area contributed by atoms with Crippen molar-refractivity contribution in [2.24, 2.45) is 0 Å². The summed E-state index contributed by atoms with van der Waals surface area (Å²) in [6, 6.07) is 16.1. The molecule has 8 nitrogen and oxygen atoms in total. The molecule has 2 aliphatic heterocycles. The van der Waals surface area contributed by atoms with Crippen molar-refractivity contribution in [3.05, 3.63) is 54.1 Å². The lowest BCUT2D eigenvalue weighted by atomic mass is 9.98. The van der Waals surface area contributed by atoms with Crippen LogP contribution in [0.25, 0.3) is 0 Å². The van der Waals surface area contributed by atoms with Crippen molar-refractivity contribution in [2.45, 2.75) is 25.4 Å². The van der Waals surface area contributed by atoms with Crippen LogP contribution < -0.4 is 19.7 Å². The molecule has 2 aliphatic rings. The summed E-state index contributed by atoms with van der Waals surface area (Å²) in [7, 11) is 1.60. The van der Waals surface area contributed by atoms with Gasteiger partial charge in [0.2, 0.25) is 5.91 Å². The molecule has 0 spiro atoms. The number of esters is 1. The monoisotopic (exact) mass is 467 g/mol. The molecule has 1 N–H and O–H groups in total. The maximum absolute atomic E-state index is 11.8. The quantitative estimate of drug-likeness (QED) is 0.568. The second-order valence-electron chi connectivity index (χ2n) is 8.78. The summed E-state index contributed by atoms with van der Waals surface area (Å²) in [5, 5.41) is 2.87. The van der Waals surface area contributed by atoms with Crippen molar-refractivity contribution in [2.75, 3.05) is 57.9 Å². The molecule has 34 heavy (non-hydrogen) atoms. The van der Waals surface area contributed by atoms with E-state index < -0.39 is 6.10 Å². The number of methoxy groups -OCH3 is 1. The highest BCUT2D eigenvalue weighted by molar-refractivity contribution is 5.79. The van der Waals surface area contributed by atoms with Crippen LogP contribution in [0.1, 0.15) is 24.8 Å². The Kier molecular flexibility index (Phi) is 7.90. The smallest absolute Gasteiger partial charge is 0.303 e. The van der Waals surface area contributed by atoms with E-state index in [9.17, 15) is 9.59 Å². The fourth-order valence-corrected chi connectivity index (χ4v) is 4.56. The summed E-state index contributed by atoms with van der Waals surface area (Å²) in [6.07, 6.45) is 0.0698. The Balaban J connectivity index is 1.36. The number of amides is 1. The number of para-hydroxylation sites is 1. The number of anilines is 1. The predicted octanol–water partition coefficient (Wildman–Crippen LogP) is 2.43. The second kappa shape index (κ2) is 11.2. The first-order chi connectivity index (χ1) is 16.5. The fourth-order valence-electron chi connectivity index (χ4n) is 4.56. The minimum atomic E-state index is -0.399. The third-order valence-corrected chi connectivity index (χ3v) is 6.35. The van der Waals surface area contributed by atoms with Crippen LogP contribution in [0.3, 0.4) is 0 Å². The first kappa shape index (κ1) is 23.9. The third kappa shape index (κ3) is 6.20. The van der Waals surface area contributed by atoms with Crippen LogP contribution in [0.4, 0.5) is 5.69 Å². The van der Waals surface area contributed by atoms with Gasteiger partial charge in [-0.1, -0.05) is 24.3 Å². The SMILES string of the molecule is COc1ccc(C2CNC(=O)C2)cc1OCC(CN1CCN(c2ccccc2)CC1)OC(C)=O. The Labute approximate surface area is 200 Å². The summed E-state index contributed by atoms with van der Waals surface area (Å²) < 4.78 is 17.2. The predicted molar refractivity (Wildman–Crippen MR) is 130 cm³/mol. The Morgan fingerprint density at radius 1 is 1.09 bits per heavy atom. The van der Waals surface area contributed by atoms with Gasteiger partial charge in [-0.2, -0.15) is 0 Å². The van der Waals surface area contributed by atoms with Crippen molar-refractivity contribution in [1.29, 1.82) is 0 Å². The van der Waals surface area contributed by atoms with E-state index >= 15 is 0 Å². The lowest BCUT2D eigenvalue weighted by Gasteiger charge is -2.37. The maximum atomic E-state index is 11.8. The van der Waals surface area contributed by atoms with Crippen LogP contribution in [0.2, 0.25) is 0 Å². The number of benzene rings is 2. The summed E-state index contributed by atoms with van der Waals surface area (Å²) in [4.78, 5) is 28.1. The van der Waals surface area contributed by atoms with Crippen LogP contribution in [-0.4, -0.2) is 75.9 Å². The summed E-state index contributed by atoms with van der Waals surface area (Å²) in [6.45, 7) is 6.47. The molecule has 4 rings (SSSR count). The minimum Gasteiger partial charge on any atom is -0.493 e. The van der Waals surface area contributed by atoms with Crippen molar-refractivity contribution in [3.8, 4) is 11.5 Å². The molecule has 0 saturated carbocycles. The standard InChI is InChI=1S/C26H33N3O5/c1-19(30)34-23(17-28-10-12-29(13-11-28)22-6-4-3-5-7-22)18-33-25-14-20(8-9-24(25)32-2)21-15-26(31)27-16-21/h3-9,14,21,23H,10-13,15-18H2,1-2H3,(H,27,31). The number of carbonyl (C=O) groups excluding carboxylic acids is 2. The summed E-state index contributed by atoms with van der Waals surface area (Å²) >= 11 is 0. The first-order valence-corrected chi connectivity index (χ1v) is 11.8. The van der Waals surface area contributed by atoms with Crippen molar-refractivity contribution >= 4 is 17.6 Å². The molecule has 2 aromatic rings. The van der Waals surface area contributed by atoms with Gasteiger partial charge < -0.3 is 24.4 Å². The van der Waals surface area contributed by atoms with E-state index in [-0.39, 0.29) is 24.4 Å². The number of hydrogen-bond acceptors (Lipinski definition) is 7. The van der Waals surface area contributed by atoms with Gasteiger partial charge in [-0.05, 0) is 29.8 Å². The zero-order valence-electron chi connectivity index (χ0n) is 19.9. The van der Waals surface area contributed by atoms with Gasteiger partial charge in [0, 0.05) is 64.2 Å². The number of hydrogen-bond donors (Lipinski definition) is 1. The van der Waals surface area contributed by atoms with Gasteiger partial charge in [-0.15, -0.1) is 0 Å². The molecule has 2 heterocycles. The molecule has 8 heteroatoms. The Bertz CT molecular complexity index is 976. The van der Waals surface area contributed by atoms with Gasteiger partial charge in [0.05, 0.1) is 7.11 Å². The molecule has 2 atom stereocenters. The summed E-state index contributed by atoms with van der Waals surface area (Å²) in [5.41, 5.74) is 2.25. The Morgan fingerprint density at radius 3 is 2.50 bits per heavy atom. The van der Waals surface area contributed by atoms with E-state index in [2.05, 4.69) is 39.4 Å². The van der Waals surface area contributed by atoms with Gasteiger partial charge in [0.25, 0.3) is 0 Å². The molecule has 1 amide bonds. The largest absolute Gasteiger partial charge is 0.493 e. The van der Waals surface area contributed by atoms with Crippen molar-refractivity contribution in [1.82, 2.24) is 10.2 Å². The number of nitrogens with one attached hydrogen (secondary N) is 1. The normalized spacial score (nSPS) is 19.4. The third-order valence-electron chi connectivity index (χ3n) is 6.35. The van der Waals surface area contributed by atoms with Crippen LogP contribution in [-0.2, 0) is 14.3 Å². The highest BCUT2D eigenvalue weighted by atomic mass is 16.6. The number of nitrogens with zero attached hydrogens (tertiary/aromatic N) is 2. The molecule has 0 radical (unpaired) electrons. The van der Waals surface area contributed by atoms with E-state index in [0.29, 0.717) is 31.0 Å². The van der Waals surface area contributed by atoms with Crippen molar-refractivity contribution < 1.29 is 23.8 Å². The number of piperazine rings is 1. The average molecular weight is 468 g/mol. The zero-order chi connectivity index (χ0) is 23.9. The number of carbonyl (C=O) groups is 2. The molecule has 0 aromatic heterocycles. The molecular weight excluding hydrogens is 434 g/mol. The van der Waals surface area contributed by atoms with E-state index in [4.69, 9.17) is 14.2 Å². The highest BCUT2D eigenvalue weighted by Crippen LogP contribution is 2.33. The van der Waals surface area contributed by atoms with Gasteiger partial charge in [-0.25, -0.2) is 0 Å². The molecule has 0 bridgehead atoms. The van der Waals surface area contributed by atoms with Crippen LogP contribution in [0, 0.1) is 0 Å². The van der Waals surface area contributed by atoms with Gasteiger partial charge in [0.1, 0.15) is 12.7 Å². The highest BCUT2D eigenvalue weighted by Gasteiger charge is 2.25. The van der Waals surface area contributed by atoms with E-state index in [1.807, 2.05) is 24.3 Å². The molecule has 2 unspecified atom stereocenters. The Morgan fingerprint density at radius 2 is 1.85 bits per heavy atom. The number of rotatable bonds is 9. The fraction of sp³-hybridized carbons (Fsp3) is 0.462. The van der Waals surface area contributed by atoms with Crippen LogP contribution >= 0.6 is 0 Å². The van der Waals surface area contributed by atoms with E-state index in [1.165, 1.54) is 12.6 Å². The molecule has 182 valence electrons. The summed E-state index contributed by atoms with van der Waals surface area (Å²) in [5.74, 6) is 1.05. The Hall–Kier alpha value is -3.26. The molecule has 2 saturated heterocycles. The lowest BCUT2D eigenvalue weighted by molar-refractivity contribution is -0.148. The maximum Gasteiger partial charge on any atom is 0.303 e. The lowest BCUT2D eigenvalue weighted by Crippen LogP contribution is -2.50. The van der Waals surface area contributed by atoms with Crippen LogP contribution in [0.5, 0.6) is 11.5 Å². The molecule has 0 aliphatic carbocycles. The first-order valence-electron chi connectivity index (χ1n) is 11.8.